The van der Waals surface area contributed by atoms with Crippen molar-refractivity contribution in [1.29, 1.82) is 0 Å². The Morgan fingerprint density at radius 1 is 1.28 bits per heavy atom. The first-order valence-corrected chi connectivity index (χ1v) is 5.68. The van der Waals surface area contributed by atoms with Crippen LogP contribution in [0.15, 0.2) is 12.3 Å². The second-order valence-corrected chi connectivity index (χ2v) is 4.20. The number of halogens is 3. The van der Waals surface area contributed by atoms with Crippen LogP contribution in [0.3, 0.4) is 0 Å². The van der Waals surface area contributed by atoms with Crippen LogP contribution in [-0.2, 0) is 6.18 Å². The average Bonchev–Trinajstić information content (AvgIpc) is 2.27. The van der Waals surface area contributed by atoms with Gasteiger partial charge in [0.15, 0.2) is 0 Å². The van der Waals surface area contributed by atoms with Gasteiger partial charge in [-0.15, -0.1) is 0 Å². The van der Waals surface area contributed by atoms with Gasteiger partial charge in [0.25, 0.3) is 0 Å². The second-order valence-electron chi connectivity index (χ2n) is 4.20. The van der Waals surface area contributed by atoms with Gasteiger partial charge in [-0.3, -0.25) is 0 Å². The van der Waals surface area contributed by atoms with Crippen LogP contribution in [0.2, 0.25) is 0 Å². The number of aromatic nitrogens is 2. The van der Waals surface area contributed by atoms with E-state index in [1.54, 1.807) is 0 Å². The van der Waals surface area contributed by atoms with E-state index in [9.17, 15) is 13.2 Å². The van der Waals surface area contributed by atoms with E-state index in [1.165, 1.54) is 0 Å². The van der Waals surface area contributed by atoms with Crippen LogP contribution in [0, 0.1) is 0 Å². The Morgan fingerprint density at radius 3 is 2.61 bits per heavy atom. The first-order chi connectivity index (χ1) is 8.39. The zero-order valence-corrected chi connectivity index (χ0v) is 10.5. The molecule has 4 nitrogen and oxygen atoms in total. The van der Waals surface area contributed by atoms with Gasteiger partial charge in [-0.2, -0.15) is 13.2 Å². The molecule has 102 valence electrons. The fraction of sp³-hybridized carbons (Fsp3) is 0.636. The van der Waals surface area contributed by atoms with Crippen molar-refractivity contribution in [3.8, 4) is 0 Å². The molecule has 0 unspecified atom stereocenters. The molecule has 0 radical (unpaired) electrons. The second kappa shape index (κ2) is 6.53. The van der Waals surface area contributed by atoms with Crippen LogP contribution in [0.4, 0.5) is 19.1 Å². The summed E-state index contributed by atoms with van der Waals surface area (Å²) in [6.45, 7) is 1.51. The molecule has 0 saturated heterocycles. The summed E-state index contributed by atoms with van der Waals surface area (Å²) in [6.07, 6.45) is -1.49. The summed E-state index contributed by atoms with van der Waals surface area (Å²) in [4.78, 5) is 9.23. The summed E-state index contributed by atoms with van der Waals surface area (Å²) in [5.41, 5.74) is -0.923. The first-order valence-electron chi connectivity index (χ1n) is 5.68. The molecule has 0 aromatic carbocycles. The number of nitrogens with zero attached hydrogens (tertiary/aromatic N) is 3. The molecule has 1 heterocycles. The van der Waals surface area contributed by atoms with Crippen molar-refractivity contribution in [2.24, 2.45) is 0 Å². The predicted molar refractivity (Wildman–Crippen MR) is 63.3 cm³/mol. The zero-order chi connectivity index (χ0) is 13.6. The van der Waals surface area contributed by atoms with Gasteiger partial charge in [-0.1, -0.05) is 0 Å². The highest BCUT2D eigenvalue weighted by atomic mass is 19.4. The number of anilines is 1. The van der Waals surface area contributed by atoms with Gasteiger partial charge in [-0.05, 0) is 39.5 Å². The number of alkyl halides is 3. The third-order valence-electron chi connectivity index (χ3n) is 2.26. The van der Waals surface area contributed by atoms with Gasteiger partial charge < -0.3 is 10.2 Å². The van der Waals surface area contributed by atoms with Crippen LogP contribution >= 0.6 is 0 Å². The van der Waals surface area contributed by atoms with E-state index in [0.717, 1.165) is 31.6 Å². The predicted octanol–water partition coefficient (Wildman–Crippen LogP) is 2.25. The molecule has 0 aliphatic rings. The van der Waals surface area contributed by atoms with Crippen molar-refractivity contribution in [3.05, 3.63) is 18.0 Å². The lowest BCUT2D eigenvalue weighted by molar-refractivity contribution is -0.141. The molecule has 0 bridgehead atoms. The molecule has 0 aliphatic carbocycles. The molecule has 18 heavy (non-hydrogen) atoms. The molecule has 0 atom stereocenters. The molecule has 0 aliphatic heterocycles. The molecule has 1 N–H and O–H groups in total. The summed E-state index contributed by atoms with van der Waals surface area (Å²) in [7, 11) is 3.95. The van der Waals surface area contributed by atoms with Gasteiger partial charge in [-0.25, -0.2) is 9.97 Å². The van der Waals surface area contributed by atoms with E-state index >= 15 is 0 Å². The fourth-order valence-corrected chi connectivity index (χ4v) is 1.35. The van der Waals surface area contributed by atoms with Crippen LogP contribution in [0.5, 0.6) is 0 Å². The van der Waals surface area contributed by atoms with E-state index in [0.29, 0.717) is 6.54 Å². The highest BCUT2D eigenvalue weighted by Gasteiger charge is 2.32. The maximum absolute atomic E-state index is 12.4. The van der Waals surface area contributed by atoms with E-state index in [-0.39, 0.29) is 5.95 Å². The number of rotatable bonds is 6. The van der Waals surface area contributed by atoms with Gasteiger partial charge >= 0.3 is 6.18 Å². The van der Waals surface area contributed by atoms with E-state index in [1.807, 2.05) is 14.1 Å². The van der Waals surface area contributed by atoms with Gasteiger partial charge in [0, 0.05) is 12.7 Å². The van der Waals surface area contributed by atoms with Crippen LogP contribution in [0.25, 0.3) is 0 Å². The molecule has 1 aromatic heterocycles. The molecule has 1 aromatic rings. The van der Waals surface area contributed by atoms with E-state index in [4.69, 9.17) is 0 Å². The summed E-state index contributed by atoms with van der Waals surface area (Å²) >= 11 is 0. The molecule has 1 rings (SSSR count). The van der Waals surface area contributed by atoms with Crippen LogP contribution < -0.4 is 5.32 Å². The van der Waals surface area contributed by atoms with Crippen molar-refractivity contribution in [3.63, 3.8) is 0 Å². The van der Waals surface area contributed by atoms with Crippen LogP contribution in [-0.4, -0.2) is 42.1 Å². The molecule has 0 saturated carbocycles. The van der Waals surface area contributed by atoms with Crippen molar-refractivity contribution in [2.45, 2.75) is 19.0 Å². The third kappa shape index (κ3) is 5.31. The SMILES string of the molecule is CN(C)CCCCNc1nccc(C(F)(F)F)n1. The van der Waals surface area contributed by atoms with Crippen molar-refractivity contribution >= 4 is 5.95 Å². The Balaban J connectivity index is 2.39. The first kappa shape index (κ1) is 14.7. The Labute approximate surface area is 104 Å². The Morgan fingerprint density at radius 2 is 2.00 bits per heavy atom. The minimum absolute atomic E-state index is 0.0229. The maximum atomic E-state index is 12.4. The van der Waals surface area contributed by atoms with E-state index in [2.05, 4.69) is 20.2 Å². The van der Waals surface area contributed by atoms with Gasteiger partial charge in [0.1, 0.15) is 5.69 Å². The smallest absolute Gasteiger partial charge is 0.354 e. The van der Waals surface area contributed by atoms with Gasteiger partial charge in [0.2, 0.25) is 5.95 Å². The van der Waals surface area contributed by atoms with Gasteiger partial charge in [0.05, 0.1) is 0 Å². The number of nitrogens with one attached hydrogen (secondary N) is 1. The lowest BCUT2D eigenvalue weighted by atomic mass is 10.3. The maximum Gasteiger partial charge on any atom is 0.433 e. The Bertz CT molecular complexity index is 366. The normalized spacial score (nSPS) is 11.9. The Hall–Kier alpha value is -1.37. The quantitative estimate of drug-likeness (QED) is 0.798. The lowest BCUT2D eigenvalue weighted by Crippen LogP contribution is -2.15. The number of hydrogen-bond acceptors (Lipinski definition) is 4. The van der Waals surface area contributed by atoms with Crippen molar-refractivity contribution in [2.75, 3.05) is 32.5 Å². The fourth-order valence-electron chi connectivity index (χ4n) is 1.35. The van der Waals surface area contributed by atoms with Crippen molar-refractivity contribution in [1.82, 2.24) is 14.9 Å². The largest absolute Gasteiger partial charge is 0.433 e. The molecule has 0 fully saturated rings. The van der Waals surface area contributed by atoms with E-state index < -0.39 is 11.9 Å². The summed E-state index contributed by atoms with van der Waals surface area (Å²) in [6, 6.07) is 0.858. The minimum atomic E-state index is -4.43. The lowest BCUT2D eigenvalue weighted by Gasteiger charge is -2.10. The number of unbranched alkanes of at least 4 members (excludes halogenated alkanes) is 1. The summed E-state index contributed by atoms with van der Waals surface area (Å²) in [5.74, 6) is 0.0229. The Kier molecular flexibility index (Phi) is 5.33. The molecule has 7 heteroatoms. The molecule has 0 spiro atoms. The molecular weight excluding hydrogens is 245 g/mol. The molecular formula is C11H17F3N4. The number of hydrogen-bond donors (Lipinski definition) is 1. The highest BCUT2D eigenvalue weighted by molar-refractivity contribution is 5.25. The molecule has 0 amide bonds. The van der Waals surface area contributed by atoms with Crippen molar-refractivity contribution < 1.29 is 13.2 Å². The topological polar surface area (TPSA) is 41.0 Å². The minimum Gasteiger partial charge on any atom is -0.354 e. The highest BCUT2D eigenvalue weighted by Crippen LogP contribution is 2.27. The summed E-state index contributed by atoms with van der Waals surface area (Å²) in [5, 5.41) is 2.79. The van der Waals surface area contributed by atoms with Crippen LogP contribution in [0.1, 0.15) is 18.5 Å². The average molecular weight is 262 g/mol. The summed E-state index contributed by atoms with van der Waals surface area (Å²) < 4.78 is 37.1. The standard InChI is InChI=1S/C11H17F3N4/c1-18(2)8-4-3-6-15-10-16-7-5-9(17-10)11(12,13)14/h5,7H,3-4,6,8H2,1-2H3,(H,15,16,17). The third-order valence-corrected chi connectivity index (χ3v) is 2.26. The monoisotopic (exact) mass is 262 g/mol. The zero-order valence-electron chi connectivity index (χ0n) is 10.5.